The SMILES string of the molecule is CC=C1COCC1=CC(/C=C/c1cc2c(s1)C(OC)c1cc(/C=C/C)sc1C2OC)=C([C]#[Os])[P+](c1ccccc1)(c1ccccc1)c1ccccc1. The number of benzene rings is 3. The van der Waals surface area contributed by atoms with Gasteiger partial charge in [-0.15, -0.1) is 0 Å². The van der Waals surface area contributed by atoms with Crippen LogP contribution in [0.5, 0.6) is 0 Å². The van der Waals surface area contributed by atoms with Gasteiger partial charge in [0.2, 0.25) is 0 Å². The molecule has 3 aromatic carbocycles. The Balaban J connectivity index is 1.46. The van der Waals surface area contributed by atoms with Crippen molar-refractivity contribution < 1.29 is 32.2 Å². The molecule has 2 atom stereocenters. The van der Waals surface area contributed by atoms with Crippen LogP contribution in [0.1, 0.15) is 56.7 Å². The van der Waals surface area contributed by atoms with Gasteiger partial charge in [-0.1, -0.05) is 6.08 Å². The Morgan fingerprint density at radius 1 is 0.731 bits per heavy atom. The van der Waals surface area contributed by atoms with E-state index in [0.29, 0.717) is 13.2 Å². The fraction of sp³-hybridized carbons (Fsp3) is 0.178. The van der Waals surface area contributed by atoms with Crippen LogP contribution in [0, 0.1) is 4.37 Å². The molecule has 5 aromatic rings. The average molecular weight is 915 g/mol. The Bertz CT molecular complexity index is 2090. The van der Waals surface area contributed by atoms with E-state index in [4.69, 9.17) is 14.2 Å². The average Bonchev–Trinajstić information content (AvgIpc) is 3.94. The van der Waals surface area contributed by atoms with Gasteiger partial charge >= 0.3 is 309 Å². The molecule has 52 heavy (non-hydrogen) atoms. The van der Waals surface area contributed by atoms with Gasteiger partial charge in [0, 0.05) is 0 Å². The van der Waals surface area contributed by atoms with Crippen molar-refractivity contribution in [1.29, 1.82) is 0 Å². The number of fused-ring (bicyclic) bond motifs is 2. The zero-order chi connectivity index (χ0) is 36.1. The van der Waals surface area contributed by atoms with E-state index in [2.05, 4.69) is 158 Å². The summed E-state index contributed by atoms with van der Waals surface area (Å²) in [6, 6.07) is 37.6. The maximum atomic E-state index is 6.20. The van der Waals surface area contributed by atoms with Crippen molar-refractivity contribution in [3.05, 3.63) is 180 Å². The molecule has 7 heteroatoms. The number of allylic oxidation sites excluding steroid dienone is 6. The molecule has 1 saturated heterocycles. The summed E-state index contributed by atoms with van der Waals surface area (Å²) in [5.41, 5.74) is 5.95. The quantitative estimate of drug-likeness (QED) is 0.103. The van der Waals surface area contributed by atoms with Crippen molar-refractivity contribution >= 4 is 58.0 Å². The first kappa shape index (κ1) is 36.8. The number of hydrogen-bond acceptors (Lipinski definition) is 5. The van der Waals surface area contributed by atoms with E-state index in [1.807, 2.05) is 32.2 Å². The van der Waals surface area contributed by atoms with Crippen LogP contribution in [0.15, 0.2) is 149 Å². The second-order valence-electron chi connectivity index (χ2n) is 12.5. The molecule has 0 N–H and O–H groups in total. The molecular formula is C45H41O3OsPS2+. The fourth-order valence-corrected chi connectivity index (χ4v) is 15.6. The standard InChI is InChI=1S/C45H41O3PS2.Os/c1-6-17-38-27-40-42(46-4)45-41(43(47-5)44(40)50-38)28-39(51-45)25-24-33(26-34-30-48-29-32(34)7-2)31(3)49(35-18-11-8-12-19-35,36-20-13-9-14-21-36)37-22-15-10-16-23-37;/h6-28,42-43H,29-30H2,1-2,4-5H3;/q+1;/b17-6+,25-24+,32-7?,33-31?,34-26?;. The molecule has 0 bridgehead atoms. The van der Waals surface area contributed by atoms with Crippen LogP contribution in [-0.2, 0) is 32.2 Å². The van der Waals surface area contributed by atoms with Gasteiger partial charge in [-0.25, -0.2) is 0 Å². The third kappa shape index (κ3) is 6.85. The summed E-state index contributed by atoms with van der Waals surface area (Å²) in [7, 11) is 1.19. The summed E-state index contributed by atoms with van der Waals surface area (Å²) in [6.07, 6.45) is 13.1. The number of methoxy groups -OCH3 is 2. The molecular weight excluding hydrogens is 874 g/mol. The Hall–Kier alpha value is -3.51. The molecule has 263 valence electrons. The molecule has 0 saturated carbocycles. The Labute approximate surface area is 326 Å². The van der Waals surface area contributed by atoms with Crippen LogP contribution in [0.25, 0.3) is 12.2 Å². The molecule has 3 heterocycles. The van der Waals surface area contributed by atoms with Crippen molar-refractivity contribution in [3.8, 4) is 4.37 Å². The molecule has 2 aromatic heterocycles. The molecule has 1 aliphatic heterocycles. The first-order valence-electron chi connectivity index (χ1n) is 17.3. The van der Waals surface area contributed by atoms with E-state index in [9.17, 15) is 0 Å². The number of hydrogen-bond donors (Lipinski definition) is 0. The number of thiophene rings is 2. The zero-order valence-electron chi connectivity index (χ0n) is 29.7. The summed E-state index contributed by atoms with van der Waals surface area (Å²) >= 11 is 5.38. The summed E-state index contributed by atoms with van der Waals surface area (Å²) in [5, 5.41) is 5.08. The normalized spacial score (nSPS) is 19.3. The van der Waals surface area contributed by atoms with Crippen molar-refractivity contribution in [2.45, 2.75) is 26.1 Å². The van der Waals surface area contributed by atoms with Gasteiger partial charge in [-0.2, -0.15) is 0 Å². The van der Waals surface area contributed by atoms with Crippen molar-refractivity contribution in [3.63, 3.8) is 0 Å². The molecule has 0 radical (unpaired) electrons. The number of ether oxygens (including phenoxy) is 3. The van der Waals surface area contributed by atoms with Crippen LogP contribution in [0.2, 0.25) is 0 Å². The Morgan fingerprint density at radius 2 is 1.21 bits per heavy atom. The van der Waals surface area contributed by atoms with E-state index in [-0.39, 0.29) is 12.2 Å². The third-order valence-electron chi connectivity index (χ3n) is 9.62. The predicted octanol–water partition coefficient (Wildman–Crippen LogP) is 10.3. The van der Waals surface area contributed by atoms with E-state index in [1.165, 1.54) is 58.1 Å². The van der Waals surface area contributed by atoms with Gasteiger partial charge < -0.3 is 0 Å². The van der Waals surface area contributed by atoms with Gasteiger partial charge in [-0.05, 0) is 13.0 Å². The summed E-state index contributed by atoms with van der Waals surface area (Å²) in [4.78, 5) is 4.79. The van der Waals surface area contributed by atoms with Crippen LogP contribution in [0.3, 0.4) is 0 Å². The van der Waals surface area contributed by atoms with Crippen LogP contribution in [-0.4, -0.2) is 27.4 Å². The first-order chi connectivity index (χ1) is 25.6. The van der Waals surface area contributed by atoms with E-state index >= 15 is 0 Å². The molecule has 0 spiro atoms. The second-order valence-corrected chi connectivity index (χ2v) is 18.8. The molecule has 2 aliphatic rings. The minimum absolute atomic E-state index is 0.134. The Kier molecular flexibility index (Phi) is 11.8. The van der Waals surface area contributed by atoms with Gasteiger partial charge in [0.25, 0.3) is 0 Å². The van der Waals surface area contributed by atoms with Gasteiger partial charge in [0.05, 0.1) is 0 Å². The van der Waals surface area contributed by atoms with Gasteiger partial charge in [0.15, 0.2) is 0 Å². The van der Waals surface area contributed by atoms with Crippen molar-refractivity contribution in [2.75, 3.05) is 27.4 Å². The predicted molar refractivity (Wildman–Crippen MR) is 219 cm³/mol. The summed E-state index contributed by atoms with van der Waals surface area (Å²) < 4.78 is 22.2. The molecule has 1 aliphatic carbocycles. The molecule has 7 rings (SSSR count). The number of rotatable bonds is 10. The monoisotopic (exact) mass is 916 g/mol. The molecule has 2 unspecified atom stereocenters. The van der Waals surface area contributed by atoms with Crippen LogP contribution >= 0.6 is 29.9 Å². The summed E-state index contributed by atoms with van der Waals surface area (Å²) in [5.74, 6) is 0. The molecule has 0 amide bonds. The van der Waals surface area contributed by atoms with E-state index in [0.717, 1.165) is 10.5 Å². The Morgan fingerprint density at radius 3 is 1.65 bits per heavy atom. The second kappa shape index (κ2) is 16.7. The van der Waals surface area contributed by atoms with Crippen molar-refractivity contribution in [1.82, 2.24) is 0 Å². The van der Waals surface area contributed by atoms with Crippen molar-refractivity contribution in [2.24, 2.45) is 0 Å². The first-order valence-corrected chi connectivity index (χ1v) is 22.0. The van der Waals surface area contributed by atoms with E-state index in [1.54, 1.807) is 22.7 Å². The van der Waals surface area contributed by atoms with Gasteiger partial charge in [0.1, 0.15) is 0 Å². The molecule has 3 nitrogen and oxygen atoms in total. The van der Waals surface area contributed by atoms with E-state index < -0.39 is 7.26 Å². The maximum absolute atomic E-state index is 6.20. The minimum atomic E-state index is -2.42. The van der Waals surface area contributed by atoms with Gasteiger partial charge in [-0.3, -0.25) is 0 Å². The zero-order valence-corrected chi connectivity index (χ0v) is 34.8. The fourth-order valence-electron chi connectivity index (χ4n) is 7.29. The topological polar surface area (TPSA) is 27.7 Å². The van der Waals surface area contributed by atoms with Crippen LogP contribution in [0.4, 0.5) is 0 Å². The molecule has 1 fully saturated rings. The summed E-state index contributed by atoms with van der Waals surface area (Å²) in [6.45, 7) is 5.36. The third-order valence-corrected chi connectivity index (χ3v) is 17.3. The van der Waals surface area contributed by atoms with Crippen LogP contribution < -0.4 is 15.9 Å².